The summed E-state index contributed by atoms with van der Waals surface area (Å²) in [7, 11) is -3.72. The van der Waals surface area contributed by atoms with Gasteiger partial charge in [-0.15, -0.1) is 12.4 Å². The van der Waals surface area contributed by atoms with Gasteiger partial charge in [-0.05, 0) is 49.9 Å². The van der Waals surface area contributed by atoms with Gasteiger partial charge < -0.3 is 10.3 Å². The molecule has 0 radical (unpaired) electrons. The molecule has 7 nitrogen and oxygen atoms in total. The van der Waals surface area contributed by atoms with Gasteiger partial charge in [0.15, 0.2) is 5.82 Å². The van der Waals surface area contributed by atoms with Crippen LogP contribution in [0.25, 0.3) is 11.5 Å². The number of rotatable bonds is 6. The molecule has 1 aliphatic rings. The Morgan fingerprint density at radius 3 is 2.52 bits per heavy atom. The molecule has 1 unspecified atom stereocenters. The summed E-state index contributed by atoms with van der Waals surface area (Å²) in [6, 6.07) is 15.5. The minimum atomic E-state index is -3.72. The zero-order chi connectivity index (χ0) is 19.8. The van der Waals surface area contributed by atoms with E-state index in [2.05, 4.69) is 14.9 Å². The Bertz CT molecular complexity index is 1080. The highest BCUT2D eigenvalue weighted by Crippen LogP contribution is 2.37. The molecule has 3 aromatic rings. The second kappa shape index (κ2) is 8.23. The summed E-state index contributed by atoms with van der Waals surface area (Å²) in [5.74, 6) is 0.734. The van der Waals surface area contributed by atoms with Gasteiger partial charge in [-0.25, -0.2) is 13.1 Å². The van der Waals surface area contributed by atoms with Crippen LogP contribution in [0, 0.1) is 0 Å². The van der Waals surface area contributed by atoms with Gasteiger partial charge in [-0.1, -0.05) is 41.6 Å². The third kappa shape index (κ3) is 4.35. The van der Waals surface area contributed by atoms with Crippen molar-refractivity contribution >= 4 is 22.4 Å². The van der Waals surface area contributed by atoms with Gasteiger partial charge in [-0.3, -0.25) is 0 Å². The lowest BCUT2D eigenvalue weighted by Gasteiger charge is -2.34. The van der Waals surface area contributed by atoms with E-state index in [1.54, 1.807) is 19.1 Å². The van der Waals surface area contributed by atoms with Crippen LogP contribution in [0.5, 0.6) is 0 Å². The summed E-state index contributed by atoms with van der Waals surface area (Å²) in [4.78, 5) is 4.53. The topological polar surface area (TPSA) is 111 Å². The molecular weight excluding hydrogens is 412 g/mol. The molecule has 1 fully saturated rings. The van der Waals surface area contributed by atoms with E-state index >= 15 is 0 Å². The van der Waals surface area contributed by atoms with Crippen LogP contribution in [0.15, 0.2) is 64.0 Å². The number of hydrogen-bond donors (Lipinski definition) is 2. The van der Waals surface area contributed by atoms with E-state index in [-0.39, 0.29) is 29.2 Å². The largest absolute Gasteiger partial charge is 0.334 e. The number of aromatic nitrogens is 2. The van der Waals surface area contributed by atoms with E-state index in [9.17, 15) is 8.42 Å². The molecule has 1 heterocycles. The minimum absolute atomic E-state index is 0. The summed E-state index contributed by atoms with van der Waals surface area (Å²) in [5.41, 5.74) is 7.13. The van der Waals surface area contributed by atoms with E-state index in [1.165, 1.54) is 12.1 Å². The molecule has 1 atom stereocenters. The zero-order valence-corrected chi connectivity index (χ0v) is 17.5. The molecule has 29 heavy (non-hydrogen) atoms. The Morgan fingerprint density at radius 2 is 1.86 bits per heavy atom. The first-order valence-corrected chi connectivity index (χ1v) is 10.7. The normalized spacial score (nSPS) is 16.5. The molecule has 0 aliphatic heterocycles. The zero-order valence-electron chi connectivity index (χ0n) is 15.9. The lowest BCUT2D eigenvalue weighted by atomic mass is 9.77. The van der Waals surface area contributed by atoms with Crippen molar-refractivity contribution in [2.45, 2.75) is 42.7 Å². The number of sulfonamides is 1. The van der Waals surface area contributed by atoms with Crippen molar-refractivity contribution in [2.75, 3.05) is 0 Å². The molecule has 0 spiro atoms. The van der Waals surface area contributed by atoms with Crippen LogP contribution in [-0.2, 0) is 15.6 Å². The van der Waals surface area contributed by atoms with Gasteiger partial charge in [0.1, 0.15) is 0 Å². The number of nitrogens with one attached hydrogen (secondary N) is 1. The van der Waals surface area contributed by atoms with Crippen molar-refractivity contribution < 1.29 is 12.9 Å². The van der Waals surface area contributed by atoms with Crippen molar-refractivity contribution in [3.8, 4) is 11.5 Å². The Labute approximate surface area is 176 Å². The van der Waals surface area contributed by atoms with Gasteiger partial charge in [0.25, 0.3) is 5.89 Å². The monoisotopic (exact) mass is 434 g/mol. The van der Waals surface area contributed by atoms with Crippen LogP contribution in [0.2, 0.25) is 0 Å². The first kappa shape index (κ1) is 21.4. The van der Waals surface area contributed by atoms with Crippen LogP contribution in [-0.4, -0.2) is 18.6 Å². The average molecular weight is 435 g/mol. The second-order valence-electron chi connectivity index (χ2n) is 7.21. The molecule has 154 valence electrons. The number of benzene rings is 2. The summed E-state index contributed by atoms with van der Waals surface area (Å²) in [5, 5.41) is 3.99. The van der Waals surface area contributed by atoms with E-state index in [4.69, 9.17) is 10.3 Å². The molecule has 0 bridgehead atoms. The van der Waals surface area contributed by atoms with Crippen LogP contribution >= 0.6 is 12.4 Å². The number of nitrogens with two attached hydrogens (primary N) is 1. The van der Waals surface area contributed by atoms with Crippen LogP contribution in [0.3, 0.4) is 0 Å². The van der Waals surface area contributed by atoms with Gasteiger partial charge in [0, 0.05) is 11.6 Å². The standard InChI is InChI=1S/C20H22N4O3S.ClH/c1-14(15-7-3-2-4-8-15)24-28(25,26)17-10-5-9-16(13-17)18-22-19(23-27-18)20(21)11-6-12-20;/h2-5,7-10,13-14,24H,6,11-12,21H2,1H3;1H. The SMILES string of the molecule is CC(NS(=O)(=O)c1cccc(-c2nc(C3(N)CCC3)no2)c1)c1ccccc1.Cl. The molecule has 1 aromatic heterocycles. The average Bonchev–Trinajstić information content (AvgIpc) is 3.17. The quantitative estimate of drug-likeness (QED) is 0.613. The third-order valence-electron chi connectivity index (χ3n) is 5.14. The molecule has 3 N–H and O–H groups in total. The Kier molecular flexibility index (Phi) is 6.09. The van der Waals surface area contributed by atoms with E-state index in [0.29, 0.717) is 11.4 Å². The second-order valence-corrected chi connectivity index (χ2v) is 8.93. The lowest BCUT2D eigenvalue weighted by Crippen LogP contribution is -2.44. The summed E-state index contributed by atoms with van der Waals surface area (Å²) >= 11 is 0. The maximum absolute atomic E-state index is 12.8. The highest BCUT2D eigenvalue weighted by atomic mass is 35.5. The van der Waals surface area contributed by atoms with Gasteiger partial charge in [-0.2, -0.15) is 4.98 Å². The lowest BCUT2D eigenvalue weighted by molar-refractivity contribution is 0.229. The van der Waals surface area contributed by atoms with E-state index < -0.39 is 15.6 Å². The first-order chi connectivity index (χ1) is 13.4. The van der Waals surface area contributed by atoms with Crippen molar-refractivity contribution in [3.63, 3.8) is 0 Å². The first-order valence-electron chi connectivity index (χ1n) is 9.18. The summed E-state index contributed by atoms with van der Waals surface area (Å²) in [6.07, 6.45) is 2.68. The Balaban J connectivity index is 0.00000240. The van der Waals surface area contributed by atoms with Crippen molar-refractivity contribution in [1.29, 1.82) is 0 Å². The third-order valence-corrected chi connectivity index (χ3v) is 6.68. The number of nitrogens with zero attached hydrogens (tertiary/aromatic N) is 2. The smallest absolute Gasteiger partial charge is 0.258 e. The fourth-order valence-corrected chi connectivity index (χ4v) is 4.51. The molecule has 9 heteroatoms. The van der Waals surface area contributed by atoms with E-state index in [0.717, 1.165) is 24.8 Å². The van der Waals surface area contributed by atoms with Gasteiger partial charge in [0.2, 0.25) is 10.0 Å². The Hall–Kier alpha value is -2.26. The summed E-state index contributed by atoms with van der Waals surface area (Å²) < 4.78 is 33.7. The highest BCUT2D eigenvalue weighted by molar-refractivity contribution is 7.89. The Morgan fingerprint density at radius 1 is 1.14 bits per heavy atom. The minimum Gasteiger partial charge on any atom is -0.334 e. The van der Waals surface area contributed by atoms with Crippen LogP contribution < -0.4 is 10.5 Å². The highest BCUT2D eigenvalue weighted by Gasteiger charge is 2.39. The van der Waals surface area contributed by atoms with Crippen molar-refractivity contribution in [3.05, 3.63) is 66.0 Å². The molecule has 4 rings (SSSR count). The van der Waals surface area contributed by atoms with Crippen molar-refractivity contribution in [1.82, 2.24) is 14.9 Å². The fourth-order valence-electron chi connectivity index (χ4n) is 3.23. The molecule has 1 saturated carbocycles. The summed E-state index contributed by atoms with van der Waals surface area (Å²) in [6.45, 7) is 1.81. The van der Waals surface area contributed by atoms with Gasteiger partial charge >= 0.3 is 0 Å². The van der Waals surface area contributed by atoms with Crippen LogP contribution in [0.1, 0.15) is 43.6 Å². The maximum Gasteiger partial charge on any atom is 0.258 e. The molecule has 0 saturated heterocycles. The fraction of sp³-hybridized carbons (Fsp3) is 0.300. The predicted molar refractivity (Wildman–Crippen MR) is 112 cm³/mol. The molecule has 1 aliphatic carbocycles. The van der Waals surface area contributed by atoms with Crippen molar-refractivity contribution in [2.24, 2.45) is 5.73 Å². The molecule has 2 aromatic carbocycles. The number of hydrogen-bond acceptors (Lipinski definition) is 6. The predicted octanol–water partition coefficient (Wildman–Crippen LogP) is 3.54. The van der Waals surface area contributed by atoms with Crippen LogP contribution in [0.4, 0.5) is 0 Å². The number of halogens is 1. The van der Waals surface area contributed by atoms with Gasteiger partial charge in [0.05, 0.1) is 10.4 Å². The van der Waals surface area contributed by atoms with E-state index in [1.807, 2.05) is 30.3 Å². The molecule has 0 amide bonds. The molecular formula is C20H23ClN4O3S. The maximum atomic E-state index is 12.8.